The molecule has 0 aliphatic rings. The van der Waals surface area contributed by atoms with Crippen LogP contribution in [0.25, 0.3) is 5.82 Å². The molecule has 0 spiro atoms. The first kappa shape index (κ1) is 14.7. The largest absolute Gasteiger partial charge is 0.263 e. The monoisotopic (exact) mass is 379 g/mol. The lowest BCUT2D eigenvalue weighted by atomic mass is 10.4. The van der Waals surface area contributed by atoms with Crippen molar-refractivity contribution in [3.05, 3.63) is 59.6 Å². The molecule has 2 heterocycles. The third-order valence-electron chi connectivity index (χ3n) is 2.75. The van der Waals surface area contributed by atoms with E-state index in [1.807, 2.05) is 0 Å². The number of nitrogens with one attached hydrogen (secondary N) is 1. The second kappa shape index (κ2) is 5.85. The first-order valence-corrected chi connectivity index (χ1v) is 8.43. The SMILES string of the molecule is O=S(=O)(Nc1cc(-n2cccn2)ncn1)c1ccc(Br)cc1. The Morgan fingerprint density at radius 2 is 1.91 bits per heavy atom. The van der Waals surface area contributed by atoms with Gasteiger partial charge in [-0.3, -0.25) is 4.72 Å². The first-order valence-electron chi connectivity index (χ1n) is 6.15. The number of nitrogens with zero attached hydrogens (tertiary/aromatic N) is 4. The summed E-state index contributed by atoms with van der Waals surface area (Å²) in [5.41, 5.74) is 0. The first-order chi connectivity index (χ1) is 10.5. The third kappa shape index (κ3) is 3.15. The van der Waals surface area contributed by atoms with Gasteiger partial charge in [-0.1, -0.05) is 15.9 Å². The highest BCUT2D eigenvalue weighted by Gasteiger charge is 2.15. The molecule has 9 heteroatoms. The molecule has 112 valence electrons. The lowest BCUT2D eigenvalue weighted by molar-refractivity contribution is 0.601. The fourth-order valence-electron chi connectivity index (χ4n) is 1.74. The predicted molar refractivity (Wildman–Crippen MR) is 84.1 cm³/mol. The normalized spacial score (nSPS) is 11.3. The van der Waals surface area contributed by atoms with Crippen molar-refractivity contribution in [2.75, 3.05) is 4.72 Å². The number of halogens is 1. The fraction of sp³-hybridized carbons (Fsp3) is 0. The fourth-order valence-corrected chi connectivity index (χ4v) is 3.01. The Balaban J connectivity index is 1.89. The van der Waals surface area contributed by atoms with E-state index < -0.39 is 10.0 Å². The molecule has 0 amide bonds. The molecule has 0 aliphatic heterocycles. The molecule has 0 unspecified atom stereocenters. The van der Waals surface area contributed by atoms with Crippen LogP contribution in [0.5, 0.6) is 0 Å². The van der Waals surface area contributed by atoms with Crippen molar-refractivity contribution >= 4 is 31.8 Å². The molecule has 0 fully saturated rings. The number of rotatable bonds is 4. The van der Waals surface area contributed by atoms with Gasteiger partial charge in [-0.25, -0.2) is 23.1 Å². The maximum absolute atomic E-state index is 12.3. The highest BCUT2D eigenvalue weighted by atomic mass is 79.9. The maximum Gasteiger partial charge on any atom is 0.263 e. The molecular weight excluding hydrogens is 370 g/mol. The van der Waals surface area contributed by atoms with E-state index in [1.165, 1.54) is 29.2 Å². The Labute approximate surface area is 135 Å². The van der Waals surface area contributed by atoms with Crippen LogP contribution in [-0.4, -0.2) is 28.2 Å². The molecule has 3 aromatic rings. The Kier molecular flexibility index (Phi) is 3.90. The minimum atomic E-state index is -3.71. The number of hydrogen-bond donors (Lipinski definition) is 1. The molecule has 3 rings (SSSR count). The van der Waals surface area contributed by atoms with Gasteiger partial charge in [0.1, 0.15) is 12.1 Å². The molecule has 1 N–H and O–H groups in total. The van der Waals surface area contributed by atoms with E-state index in [0.29, 0.717) is 5.82 Å². The summed E-state index contributed by atoms with van der Waals surface area (Å²) < 4.78 is 29.3. The molecule has 7 nitrogen and oxygen atoms in total. The van der Waals surface area contributed by atoms with Gasteiger partial charge in [-0.15, -0.1) is 0 Å². The van der Waals surface area contributed by atoms with Crippen LogP contribution >= 0.6 is 15.9 Å². The van der Waals surface area contributed by atoms with Gasteiger partial charge < -0.3 is 0 Å². The highest BCUT2D eigenvalue weighted by Crippen LogP contribution is 2.18. The van der Waals surface area contributed by atoms with Gasteiger partial charge in [0.2, 0.25) is 0 Å². The highest BCUT2D eigenvalue weighted by molar-refractivity contribution is 9.10. The minimum absolute atomic E-state index is 0.148. The molecule has 0 atom stereocenters. The second-order valence-electron chi connectivity index (χ2n) is 4.27. The number of sulfonamides is 1. The van der Waals surface area contributed by atoms with Crippen LogP contribution in [0.2, 0.25) is 0 Å². The van der Waals surface area contributed by atoms with E-state index >= 15 is 0 Å². The number of hydrogen-bond acceptors (Lipinski definition) is 5. The third-order valence-corrected chi connectivity index (χ3v) is 4.65. The smallest absolute Gasteiger partial charge is 0.263 e. The van der Waals surface area contributed by atoms with Crippen molar-refractivity contribution in [3.63, 3.8) is 0 Å². The lowest BCUT2D eigenvalue weighted by Gasteiger charge is -2.08. The topological polar surface area (TPSA) is 89.8 Å². The van der Waals surface area contributed by atoms with Gasteiger partial charge >= 0.3 is 0 Å². The maximum atomic E-state index is 12.3. The Hall–Kier alpha value is -2.26. The van der Waals surface area contributed by atoms with Crippen LogP contribution in [0.15, 0.2) is 64.5 Å². The van der Waals surface area contributed by atoms with Crippen molar-refractivity contribution in [1.29, 1.82) is 0 Å². The average Bonchev–Trinajstić information content (AvgIpc) is 3.02. The van der Waals surface area contributed by atoms with Crippen LogP contribution < -0.4 is 4.72 Å². The van der Waals surface area contributed by atoms with Gasteiger partial charge in [0.15, 0.2) is 5.82 Å². The van der Waals surface area contributed by atoms with Crippen LogP contribution in [0.4, 0.5) is 5.82 Å². The van der Waals surface area contributed by atoms with Gasteiger partial charge in [0.05, 0.1) is 4.90 Å². The summed E-state index contributed by atoms with van der Waals surface area (Å²) in [7, 11) is -3.71. The van der Waals surface area contributed by atoms with Crippen molar-refractivity contribution in [2.45, 2.75) is 4.90 Å². The Morgan fingerprint density at radius 3 is 2.59 bits per heavy atom. The predicted octanol–water partition coefficient (Wildman–Crippen LogP) is 2.23. The second-order valence-corrected chi connectivity index (χ2v) is 6.87. The van der Waals surface area contributed by atoms with Crippen LogP contribution in [0.1, 0.15) is 0 Å². The number of aromatic nitrogens is 4. The van der Waals surface area contributed by atoms with Crippen molar-refractivity contribution in [3.8, 4) is 5.82 Å². The summed E-state index contributed by atoms with van der Waals surface area (Å²) in [4.78, 5) is 8.12. The average molecular weight is 380 g/mol. The van der Waals surface area contributed by atoms with Crippen molar-refractivity contribution < 1.29 is 8.42 Å². The van der Waals surface area contributed by atoms with Crippen LogP contribution in [0, 0.1) is 0 Å². The zero-order valence-corrected chi connectivity index (χ0v) is 13.5. The van der Waals surface area contributed by atoms with E-state index in [4.69, 9.17) is 0 Å². The Morgan fingerprint density at radius 1 is 1.14 bits per heavy atom. The summed E-state index contributed by atoms with van der Waals surface area (Å²) in [5.74, 6) is 0.636. The lowest BCUT2D eigenvalue weighted by Crippen LogP contribution is -2.14. The number of anilines is 1. The summed E-state index contributed by atoms with van der Waals surface area (Å²) in [6.07, 6.45) is 4.58. The Bertz CT molecular complexity index is 879. The molecule has 0 saturated carbocycles. The standard InChI is InChI=1S/C13H10BrN5O2S/c14-10-2-4-11(5-3-10)22(20,21)18-12-8-13(16-9-15-12)19-7-1-6-17-19/h1-9H,(H,15,16,18). The molecule has 0 saturated heterocycles. The molecule has 1 aromatic carbocycles. The van der Waals surface area contributed by atoms with Crippen molar-refractivity contribution in [2.24, 2.45) is 0 Å². The number of benzene rings is 1. The zero-order chi connectivity index (χ0) is 15.6. The van der Waals surface area contributed by atoms with Gasteiger partial charge in [-0.05, 0) is 30.3 Å². The molecular formula is C13H10BrN5O2S. The summed E-state index contributed by atoms with van der Waals surface area (Å²) >= 11 is 3.27. The van der Waals surface area contributed by atoms with Crippen LogP contribution in [-0.2, 0) is 10.0 Å². The molecule has 0 aliphatic carbocycles. The van der Waals surface area contributed by atoms with Gasteiger partial charge in [0.25, 0.3) is 10.0 Å². The molecule has 22 heavy (non-hydrogen) atoms. The van der Waals surface area contributed by atoms with Gasteiger partial charge in [0, 0.05) is 22.9 Å². The summed E-state index contributed by atoms with van der Waals surface area (Å²) in [5, 5.41) is 4.04. The van der Waals surface area contributed by atoms with E-state index in [1.54, 1.807) is 30.6 Å². The summed E-state index contributed by atoms with van der Waals surface area (Å²) in [6.45, 7) is 0. The van der Waals surface area contributed by atoms with E-state index in [-0.39, 0.29) is 10.7 Å². The van der Waals surface area contributed by atoms with E-state index in [9.17, 15) is 8.42 Å². The van der Waals surface area contributed by atoms with E-state index in [2.05, 4.69) is 35.7 Å². The summed E-state index contributed by atoms with van der Waals surface area (Å²) in [6, 6.07) is 9.56. The molecule has 0 radical (unpaired) electrons. The van der Waals surface area contributed by atoms with E-state index in [0.717, 1.165) is 4.47 Å². The van der Waals surface area contributed by atoms with Gasteiger partial charge in [-0.2, -0.15) is 5.10 Å². The van der Waals surface area contributed by atoms with Crippen molar-refractivity contribution in [1.82, 2.24) is 19.7 Å². The minimum Gasteiger partial charge on any atom is -0.263 e. The van der Waals surface area contributed by atoms with Crippen LogP contribution in [0.3, 0.4) is 0 Å². The molecule has 2 aromatic heterocycles. The quantitative estimate of drug-likeness (QED) is 0.750. The molecule has 0 bridgehead atoms. The zero-order valence-electron chi connectivity index (χ0n) is 11.1.